The van der Waals surface area contributed by atoms with Crippen molar-refractivity contribution < 1.29 is 14.3 Å². The summed E-state index contributed by atoms with van der Waals surface area (Å²) in [6.07, 6.45) is 9.77. The lowest BCUT2D eigenvalue weighted by atomic mass is 9.90. The van der Waals surface area contributed by atoms with E-state index in [1.807, 2.05) is 29.2 Å². The highest BCUT2D eigenvalue weighted by molar-refractivity contribution is 5.95. The van der Waals surface area contributed by atoms with Gasteiger partial charge in [0, 0.05) is 49.8 Å². The van der Waals surface area contributed by atoms with E-state index in [0.717, 1.165) is 76.0 Å². The van der Waals surface area contributed by atoms with Crippen molar-refractivity contribution in [2.24, 2.45) is 17.6 Å². The van der Waals surface area contributed by atoms with E-state index in [2.05, 4.69) is 4.90 Å². The number of benzene rings is 1. The van der Waals surface area contributed by atoms with Crippen LogP contribution in [0.4, 0.5) is 5.69 Å². The van der Waals surface area contributed by atoms with Crippen LogP contribution in [-0.4, -0.2) is 54.9 Å². The van der Waals surface area contributed by atoms with Gasteiger partial charge in [-0.3, -0.25) is 15.0 Å². The Morgan fingerprint density at radius 1 is 0.886 bits per heavy atom. The number of anilines is 1. The van der Waals surface area contributed by atoms with Gasteiger partial charge in [-0.05, 0) is 81.5 Å². The van der Waals surface area contributed by atoms with Crippen LogP contribution >= 0.6 is 24.8 Å². The number of carbonyl (C=O) groups excluding carboxylic acids is 2. The molecule has 0 aromatic heterocycles. The average molecular weight is 528 g/mol. The number of nitrogens with two attached hydrogens (primary N) is 1. The van der Waals surface area contributed by atoms with E-state index in [-0.39, 0.29) is 54.5 Å². The largest absolute Gasteiger partial charge is 0.462 e. The number of amidine groups is 1. The van der Waals surface area contributed by atoms with Crippen LogP contribution in [-0.2, 0) is 14.3 Å². The summed E-state index contributed by atoms with van der Waals surface area (Å²) < 4.78 is 5.69. The molecule has 4 rings (SSSR count). The molecule has 0 radical (unpaired) electrons. The van der Waals surface area contributed by atoms with Crippen molar-refractivity contribution in [1.29, 1.82) is 5.41 Å². The third kappa shape index (κ3) is 8.01. The zero-order valence-electron chi connectivity index (χ0n) is 20.5. The van der Waals surface area contributed by atoms with Crippen molar-refractivity contribution in [1.82, 2.24) is 4.90 Å². The Balaban J connectivity index is 0.00000216. The number of nitrogen functional groups attached to an aromatic ring is 1. The van der Waals surface area contributed by atoms with Gasteiger partial charge in [0.1, 0.15) is 11.9 Å². The van der Waals surface area contributed by atoms with Crippen LogP contribution in [0.2, 0.25) is 0 Å². The van der Waals surface area contributed by atoms with Gasteiger partial charge in [-0.1, -0.05) is 6.42 Å². The number of carbonyl (C=O) groups is 2. The van der Waals surface area contributed by atoms with Crippen molar-refractivity contribution in [3.63, 3.8) is 0 Å². The fourth-order valence-corrected chi connectivity index (χ4v) is 5.50. The number of rotatable bonds is 6. The van der Waals surface area contributed by atoms with Gasteiger partial charge in [0.25, 0.3) is 0 Å². The van der Waals surface area contributed by atoms with Crippen molar-refractivity contribution in [2.45, 2.75) is 70.3 Å². The lowest BCUT2D eigenvalue weighted by molar-refractivity contribution is -0.152. The van der Waals surface area contributed by atoms with Crippen LogP contribution in [0.3, 0.4) is 0 Å². The lowest BCUT2D eigenvalue weighted by Gasteiger charge is -2.38. The van der Waals surface area contributed by atoms with Gasteiger partial charge in [0.05, 0.1) is 0 Å². The van der Waals surface area contributed by atoms with E-state index in [4.69, 9.17) is 15.9 Å². The summed E-state index contributed by atoms with van der Waals surface area (Å²) in [5.74, 6) is 0.742. The van der Waals surface area contributed by atoms with E-state index in [1.54, 1.807) is 0 Å². The van der Waals surface area contributed by atoms with Crippen molar-refractivity contribution >= 4 is 48.2 Å². The predicted octanol–water partition coefficient (Wildman–Crippen LogP) is 4.54. The Kier molecular flexibility index (Phi) is 11.6. The van der Waals surface area contributed by atoms with Gasteiger partial charge in [-0.2, -0.15) is 0 Å². The standard InChI is InChI=1S/C26H38N4O3.2ClH/c27-25(28)20-6-8-22(9-7-20)29-16-12-21(13-17-29)26(32)30-14-10-19(11-15-30)18-24(31)33-23-4-2-1-3-5-23;;/h6-9,19,21,23H,1-5,10-18H2,(H3,27,28);2*1H. The first-order valence-electron chi connectivity index (χ1n) is 12.7. The second-order valence-corrected chi connectivity index (χ2v) is 9.94. The van der Waals surface area contributed by atoms with E-state index in [1.165, 1.54) is 19.3 Å². The van der Waals surface area contributed by atoms with E-state index < -0.39 is 0 Å². The number of nitrogens with zero attached hydrogens (tertiary/aromatic N) is 2. The number of halogens is 2. The van der Waals surface area contributed by atoms with Crippen molar-refractivity contribution in [3.8, 4) is 0 Å². The quantitative estimate of drug-likeness (QED) is 0.322. The molecule has 0 atom stereocenters. The highest BCUT2D eigenvalue weighted by Crippen LogP contribution is 2.28. The molecule has 2 saturated heterocycles. The minimum absolute atomic E-state index is 0. The Morgan fingerprint density at radius 2 is 1.49 bits per heavy atom. The average Bonchev–Trinajstić information content (AvgIpc) is 2.85. The van der Waals surface area contributed by atoms with Gasteiger partial charge in [-0.15, -0.1) is 24.8 Å². The maximum absolute atomic E-state index is 13.1. The maximum Gasteiger partial charge on any atom is 0.306 e. The fraction of sp³-hybridized carbons (Fsp3) is 0.654. The zero-order chi connectivity index (χ0) is 23.2. The molecule has 0 bridgehead atoms. The molecular weight excluding hydrogens is 487 g/mol. The maximum atomic E-state index is 13.1. The Bertz CT molecular complexity index is 830. The molecule has 196 valence electrons. The second-order valence-electron chi connectivity index (χ2n) is 9.94. The summed E-state index contributed by atoms with van der Waals surface area (Å²) in [6, 6.07) is 7.76. The topological polar surface area (TPSA) is 99.7 Å². The minimum Gasteiger partial charge on any atom is -0.462 e. The lowest BCUT2D eigenvalue weighted by Crippen LogP contribution is -2.45. The third-order valence-corrected chi connectivity index (χ3v) is 7.62. The monoisotopic (exact) mass is 526 g/mol. The molecule has 3 N–H and O–H groups in total. The van der Waals surface area contributed by atoms with E-state index >= 15 is 0 Å². The molecule has 0 unspecified atom stereocenters. The van der Waals surface area contributed by atoms with Crippen LogP contribution in [0, 0.1) is 17.2 Å². The molecule has 0 spiro atoms. The highest BCUT2D eigenvalue weighted by atomic mass is 35.5. The smallest absolute Gasteiger partial charge is 0.306 e. The van der Waals surface area contributed by atoms with Crippen molar-refractivity contribution in [3.05, 3.63) is 29.8 Å². The molecule has 3 fully saturated rings. The van der Waals surface area contributed by atoms with Gasteiger partial charge in [0.15, 0.2) is 0 Å². The third-order valence-electron chi connectivity index (χ3n) is 7.62. The van der Waals surface area contributed by atoms with E-state index in [9.17, 15) is 9.59 Å². The first-order chi connectivity index (χ1) is 16.0. The summed E-state index contributed by atoms with van der Waals surface area (Å²) in [5.41, 5.74) is 7.39. The first-order valence-corrected chi connectivity index (χ1v) is 12.7. The number of likely N-dealkylation sites (tertiary alicyclic amines) is 1. The van der Waals surface area contributed by atoms with Gasteiger partial charge in [0.2, 0.25) is 5.91 Å². The Hall–Kier alpha value is -1.99. The van der Waals surface area contributed by atoms with Gasteiger partial charge < -0.3 is 20.3 Å². The van der Waals surface area contributed by atoms with Crippen LogP contribution in [0.1, 0.15) is 69.8 Å². The number of nitrogens with one attached hydrogen (secondary N) is 1. The first kappa shape index (κ1) is 29.2. The molecule has 1 aromatic rings. The highest BCUT2D eigenvalue weighted by Gasteiger charge is 2.32. The fourth-order valence-electron chi connectivity index (χ4n) is 5.50. The Labute approximate surface area is 221 Å². The zero-order valence-corrected chi connectivity index (χ0v) is 22.1. The second kappa shape index (κ2) is 13.9. The summed E-state index contributed by atoms with van der Waals surface area (Å²) in [7, 11) is 0. The van der Waals surface area contributed by atoms with Gasteiger partial charge >= 0.3 is 5.97 Å². The molecule has 7 nitrogen and oxygen atoms in total. The number of hydrogen-bond donors (Lipinski definition) is 2. The molecule has 1 saturated carbocycles. The summed E-state index contributed by atoms with van der Waals surface area (Å²) in [6.45, 7) is 3.23. The molecular formula is C26H40Cl2N4O3. The molecule has 35 heavy (non-hydrogen) atoms. The molecule has 1 amide bonds. The predicted molar refractivity (Wildman–Crippen MR) is 144 cm³/mol. The van der Waals surface area contributed by atoms with Crippen LogP contribution in [0.25, 0.3) is 0 Å². The van der Waals surface area contributed by atoms with Gasteiger partial charge in [-0.25, -0.2) is 0 Å². The van der Waals surface area contributed by atoms with E-state index in [0.29, 0.717) is 12.3 Å². The molecule has 9 heteroatoms. The number of hydrogen-bond acceptors (Lipinski definition) is 5. The number of esters is 1. The van der Waals surface area contributed by atoms with Crippen LogP contribution in [0.15, 0.2) is 24.3 Å². The number of ether oxygens (including phenoxy) is 1. The summed E-state index contributed by atoms with van der Waals surface area (Å²) in [5, 5.41) is 7.52. The van der Waals surface area contributed by atoms with Crippen LogP contribution in [0.5, 0.6) is 0 Å². The number of piperidine rings is 2. The number of amides is 1. The Morgan fingerprint density at radius 3 is 2.06 bits per heavy atom. The minimum atomic E-state index is -0.0459. The molecule has 2 heterocycles. The summed E-state index contributed by atoms with van der Waals surface area (Å²) >= 11 is 0. The SMILES string of the molecule is Cl.Cl.N=C(N)c1ccc(N2CCC(C(=O)N3CCC(CC(=O)OC4CCCCC4)CC3)CC2)cc1. The van der Waals surface area contributed by atoms with Crippen LogP contribution < -0.4 is 10.6 Å². The molecule has 3 aliphatic rings. The molecule has 2 aliphatic heterocycles. The molecule has 1 aromatic carbocycles. The molecule has 1 aliphatic carbocycles. The summed E-state index contributed by atoms with van der Waals surface area (Å²) in [4.78, 5) is 29.7. The van der Waals surface area contributed by atoms with Crippen molar-refractivity contribution in [2.75, 3.05) is 31.1 Å². The normalized spacial score (nSPS) is 19.9.